The van der Waals surface area contributed by atoms with Gasteiger partial charge in [-0.1, -0.05) is 18.2 Å². The lowest BCUT2D eigenvalue weighted by atomic mass is 10.0. The number of carbonyl (C=O) groups is 1. The fourth-order valence-corrected chi connectivity index (χ4v) is 4.10. The van der Waals surface area contributed by atoms with Crippen LogP contribution in [0.4, 0.5) is 5.69 Å². The summed E-state index contributed by atoms with van der Waals surface area (Å²) in [5, 5.41) is 16.5. The maximum atomic E-state index is 12.9. The lowest BCUT2D eigenvalue weighted by Gasteiger charge is -2.33. The number of nitrogens with zero attached hydrogens (tertiary/aromatic N) is 5. The first-order chi connectivity index (χ1) is 15.7. The van der Waals surface area contributed by atoms with Crippen molar-refractivity contribution >= 4 is 17.2 Å². The number of amides is 1. The number of likely N-dealkylation sites (tertiary alicyclic amines) is 1. The standard InChI is InChI=1S/C24H24N6O2/c1-32-20-11-9-17(10-12-20)21-14-22(23-27-25-16-30(23)28-21)26-19-8-5-13-29(15-19)24(31)18-6-3-2-4-7-18/h2-4,6-7,9-12,14,16,19,26H,5,8,13,15H2,1H3. The molecule has 0 bridgehead atoms. The summed E-state index contributed by atoms with van der Waals surface area (Å²) in [5.74, 6) is 0.862. The average molecular weight is 428 g/mol. The monoisotopic (exact) mass is 428 g/mol. The van der Waals surface area contributed by atoms with Gasteiger partial charge in [0, 0.05) is 30.3 Å². The third-order valence-electron chi connectivity index (χ3n) is 5.74. The SMILES string of the molecule is COc1ccc(-c2cc(NC3CCCN(C(=O)c4ccccc4)C3)c3nncn3n2)cc1. The van der Waals surface area contributed by atoms with Crippen molar-refractivity contribution in [3.8, 4) is 17.0 Å². The molecular weight excluding hydrogens is 404 g/mol. The fourth-order valence-electron chi connectivity index (χ4n) is 4.10. The second-order valence-electron chi connectivity index (χ2n) is 7.87. The van der Waals surface area contributed by atoms with Gasteiger partial charge in [-0.2, -0.15) is 9.61 Å². The summed E-state index contributed by atoms with van der Waals surface area (Å²) >= 11 is 0. The first-order valence-corrected chi connectivity index (χ1v) is 10.7. The Balaban J connectivity index is 1.39. The van der Waals surface area contributed by atoms with Gasteiger partial charge in [0.15, 0.2) is 0 Å². The summed E-state index contributed by atoms with van der Waals surface area (Å²) in [6.07, 6.45) is 3.51. The second-order valence-corrected chi connectivity index (χ2v) is 7.87. The molecule has 32 heavy (non-hydrogen) atoms. The van der Waals surface area contributed by atoms with E-state index in [2.05, 4.69) is 20.6 Å². The molecule has 8 heteroatoms. The van der Waals surface area contributed by atoms with Crippen LogP contribution in [0.2, 0.25) is 0 Å². The van der Waals surface area contributed by atoms with Crippen molar-refractivity contribution in [1.29, 1.82) is 0 Å². The van der Waals surface area contributed by atoms with Crippen molar-refractivity contribution < 1.29 is 9.53 Å². The van der Waals surface area contributed by atoms with Crippen LogP contribution < -0.4 is 10.1 Å². The predicted molar refractivity (Wildman–Crippen MR) is 122 cm³/mol. The zero-order chi connectivity index (χ0) is 21.9. The molecule has 1 amide bonds. The summed E-state index contributed by atoms with van der Waals surface area (Å²) in [7, 11) is 1.65. The Morgan fingerprint density at radius 1 is 1.12 bits per heavy atom. The number of ether oxygens (including phenoxy) is 1. The van der Waals surface area contributed by atoms with E-state index in [-0.39, 0.29) is 11.9 Å². The minimum Gasteiger partial charge on any atom is -0.497 e. The van der Waals surface area contributed by atoms with E-state index in [1.54, 1.807) is 18.0 Å². The number of piperidine rings is 1. The van der Waals surface area contributed by atoms with Gasteiger partial charge in [-0.15, -0.1) is 10.2 Å². The summed E-state index contributed by atoms with van der Waals surface area (Å²) in [4.78, 5) is 14.8. The van der Waals surface area contributed by atoms with Crippen LogP contribution in [0.5, 0.6) is 5.75 Å². The van der Waals surface area contributed by atoms with Crippen LogP contribution in [0, 0.1) is 0 Å². The van der Waals surface area contributed by atoms with Gasteiger partial charge in [-0.3, -0.25) is 4.79 Å². The van der Waals surface area contributed by atoms with Crippen LogP contribution in [0.15, 0.2) is 67.0 Å². The smallest absolute Gasteiger partial charge is 0.253 e. The Morgan fingerprint density at radius 3 is 2.72 bits per heavy atom. The van der Waals surface area contributed by atoms with Gasteiger partial charge >= 0.3 is 0 Å². The zero-order valence-corrected chi connectivity index (χ0v) is 17.8. The molecule has 1 saturated heterocycles. The van der Waals surface area contributed by atoms with Crippen molar-refractivity contribution in [2.75, 3.05) is 25.5 Å². The van der Waals surface area contributed by atoms with Crippen LogP contribution in [-0.4, -0.2) is 56.9 Å². The van der Waals surface area contributed by atoms with E-state index in [4.69, 9.17) is 4.74 Å². The Bertz CT molecular complexity index is 1220. The van der Waals surface area contributed by atoms with E-state index in [9.17, 15) is 4.79 Å². The number of rotatable bonds is 5. The summed E-state index contributed by atoms with van der Waals surface area (Å²) < 4.78 is 6.94. The average Bonchev–Trinajstić information content (AvgIpc) is 3.33. The number of fused-ring (bicyclic) bond motifs is 1. The molecule has 2 aromatic carbocycles. The molecule has 0 aliphatic carbocycles. The minimum atomic E-state index is 0.0679. The molecule has 4 aromatic rings. The highest BCUT2D eigenvalue weighted by atomic mass is 16.5. The Labute approximate surface area is 185 Å². The van der Waals surface area contributed by atoms with Gasteiger partial charge in [0.05, 0.1) is 18.5 Å². The van der Waals surface area contributed by atoms with Gasteiger partial charge in [0.2, 0.25) is 5.65 Å². The van der Waals surface area contributed by atoms with Crippen LogP contribution >= 0.6 is 0 Å². The van der Waals surface area contributed by atoms with Gasteiger partial charge in [0.1, 0.15) is 12.1 Å². The van der Waals surface area contributed by atoms with Gasteiger partial charge in [-0.05, 0) is 55.3 Å². The second kappa shape index (κ2) is 8.66. The number of anilines is 1. The maximum Gasteiger partial charge on any atom is 0.253 e. The highest BCUT2D eigenvalue weighted by Crippen LogP contribution is 2.26. The number of carbonyl (C=O) groups excluding carboxylic acids is 1. The highest BCUT2D eigenvalue weighted by Gasteiger charge is 2.25. The molecule has 0 radical (unpaired) electrons. The fraction of sp³-hybridized carbons (Fsp3) is 0.250. The van der Waals surface area contributed by atoms with E-state index in [1.807, 2.05) is 65.6 Å². The van der Waals surface area contributed by atoms with Crippen LogP contribution in [0.3, 0.4) is 0 Å². The third kappa shape index (κ3) is 3.99. The maximum absolute atomic E-state index is 12.9. The van der Waals surface area contributed by atoms with Crippen molar-refractivity contribution in [3.63, 3.8) is 0 Å². The Hall–Kier alpha value is -3.94. The molecule has 3 heterocycles. The highest BCUT2D eigenvalue weighted by molar-refractivity contribution is 5.94. The summed E-state index contributed by atoms with van der Waals surface area (Å²) in [5.41, 5.74) is 4.00. The van der Waals surface area contributed by atoms with Crippen LogP contribution in [0.25, 0.3) is 16.9 Å². The van der Waals surface area contributed by atoms with Gasteiger partial charge < -0.3 is 15.0 Å². The quantitative estimate of drug-likeness (QED) is 0.524. The number of aromatic nitrogens is 4. The molecule has 0 spiro atoms. The molecule has 1 aliphatic heterocycles. The summed E-state index contributed by atoms with van der Waals surface area (Å²) in [6.45, 7) is 1.40. The zero-order valence-electron chi connectivity index (χ0n) is 17.8. The first-order valence-electron chi connectivity index (χ1n) is 10.7. The Morgan fingerprint density at radius 2 is 1.94 bits per heavy atom. The molecular formula is C24H24N6O2. The lowest BCUT2D eigenvalue weighted by molar-refractivity contribution is 0.0715. The summed E-state index contributed by atoms with van der Waals surface area (Å²) in [6, 6.07) is 19.3. The number of nitrogens with one attached hydrogen (secondary N) is 1. The van der Waals surface area contributed by atoms with Crippen LogP contribution in [-0.2, 0) is 0 Å². The molecule has 162 valence electrons. The van der Waals surface area contributed by atoms with E-state index in [0.717, 1.165) is 47.6 Å². The Kier molecular flexibility index (Phi) is 5.41. The number of hydrogen-bond acceptors (Lipinski definition) is 6. The number of methoxy groups -OCH3 is 1. The molecule has 1 aliphatic rings. The van der Waals surface area contributed by atoms with E-state index in [0.29, 0.717) is 12.2 Å². The molecule has 1 unspecified atom stereocenters. The van der Waals surface area contributed by atoms with Crippen molar-refractivity contribution in [2.45, 2.75) is 18.9 Å². The van der Waals surface area contributed by atoms with Gasteiger partial charge in [-0.25, -0.2) is 0 Å². The molecule has 0 saturated carbocycles. The molecule has 2 aromatic heterocycles. The van der Waals surface area contributed by atoms with E-state index < -0.39 is 0 Å². The molecule has 1 N–H and O–H groups in total. The van der Waals surface area contributed by atoms with Crippen LogP contribution in [0.1, 0.15) is 23.2 Å². The number of hydrogen-bond donors (Lipinski definition) is 1. The van der Waals surface area contributed by atoms with Crippen molar-refractivity contribution in [3.05, 3.63) is 72.6 Å². The molecule has 5 rings (SSSR count). The third-order valence-corrected chi connectivity index (χ3v) is 5.74. The van der Waals surface area contributed by atoms with Crippen molar-refractivity contribution in [1.82, 2.24) is 24.7 Å². The lowest BCUT2D eigenvalue weighted by Crippen LogP contribution is -2.45. The minimum absolute atomic E-state index is 0.0679. The largest absolute Gasteiger partial charge is 0.497 e. The number of benzene rings is 2. The predicted octanol–water partition coefficient (Wildman–Crippen LogP) is 3.52. The molecule has 8 nitrogen and oxygen atoms in total. The van der Waals surface area contributed by atoms with E-state index >= 15 is 0 Å². The topological polar surface area (TPSA) is 84.6 Å². The van der Waals surface area contributed by atoms with Gasteiger partial charge in [0.25, 0.3) is 5.91 Å². The molecule has 1 fully saturated rings. The first kappa shape index (κ1) is 20.0. The molecule has 1 atom stereocenters. The van der Waals surface area contributed by atoms with E-state index in [1.165, 1.54) is 0 Å². The normalized spacial score (nSPS) is 16.2. The van der Waals surface area contributed by atoms with Crippen molar-refractivity contribution in [2.24, 2.45) is 0 Å².